The van der Waals surface area contributed by atoms with Crippen molar-refractivity contribution < 1.29 is 23.8 Å². The standard InChI is InChI=1S/C25H23NO5/c1-3-30-19-12-10-18(11-13-19)23(27)21-22(20-14-9-16(2)31-20)26(25(29)24(21)28)15-17-7-5-4-6-8-17/h4-14,22,27H,3,15H2,1-2H3. The summed E-state index contributed by atoms with van der Waals surface area (Å²) in [5, 5.41) is 11.0. The van der Waals surface area contributed by atoms with Gasteiger partial charge < -0.3 is 19.2 Å². The summed E-state index contributed by atoms with van der Waals surface area (Å²) in [5.41, 5.74) is 1.31. The van der Waals surface area contributed by atoms with Crippen LogP contribution in [0.15, 0.2) is 76.7 Å². The molecule has 158 valence electrons. The van der Waals surface area contributed by atoms with Gasteiger partial charge >= 0.3 is 0 Å². The molecule has 1 aromatic heterocycles. The van der Waals surface area contributed by atoms with E-state index < -0.39 is 17.7 Å². The Morgan fingerprint density at radius 3 is 2.35 bits per heavy atom. The summed E-state index contributed by atoms with van der Waals surface area (Å²) >= 11 is 0. The van der Waals surface area contributed by atoms with Crippen LogP contribution in [0.3, 0.4) is 0 Å². The van der Waals surface area contributed by atoms with Crippen LogP contribution >= 0.6 is 0 Å². The van der Waals surface area contributed by atoms with Gasteiger partial charge in [-0.3, -0.25) is 9.59 Å². The number of hydrogen-bond donors (Lipinski definition) is 1. The molecule has 0 spiro atoms. The second-order valence-electron chi connectivity index (χ2n) is 7.32. The first-order valence-electron chi connectivity index (χ1n) is 10.1. The van der Waals surface area contributed by atoms with Gasteiger partial charge in [0.05, 0.1) is 12.2 Å². The summed E-state index contributed by atoms with van der Waals surface area (Å²) < 4.78 is 11.2. The average Bonchev–Trinajstić information content (AvgIpc) is 3.31. The molecule has 0 saturated carbocycles. The third-order valence-electron chi connectivity index (χ3n) is 5.21. The predicted octanol–water partition coefficient (Wildman–Crippen LogP) is 4.61. The molecular weight excluding hydrogens is 394 g/mol. The summed E-state index contributed by atoms with van der Waals surface area (Å²) in [6, 6.07) is 18.8. The first-order valence-corrected chi connectivity index (χ1v) is 10.1. The largest absolute Gasteiger partial charge is 0.507 e. The fourth-order valence-electron chi connectivity index (χ4n) is 3.75. The van der Waals surface area contributed by atoms with Crippen LogP contribution in [-0.2, 0) is 16.1 Å². The first kappa shape index (κ1) is 20.5. The van der Waals surface area contributed by atoms with E-state index in [0.29, 0.717) is 29.4 Å². The number of aliphatic hydroxyl groups excluding tert-OH is 1. The number of furan rings is 1. The highest BCUT2D eigenvalue weighted by Crippen LogP contribution is 2.41. The van der Waals surface area contributed by atoms with Gasteiger partial charge in [-0.2, -0.15) is 0 Å². The van der Waals surface area contributed by atoms with Gasteiger partial charge in [-0.25, -0.2) is 0 Å². The number of carbonyl (C=O) groups excluding carboxylic acids is 2. The summed E-state index contributed by atoms with van der Waals surface area (Å²) in [6.45, 7) is 4.41. The molecule has 1 unspecified atom stereocenters. The smallest absolute Gasteiger partial charge is 0.296 e. The molecule has 1 atom stereocenters. The SMILES string of the molecule is CCOc1ccc(C(O)=C2C(=O)C(=O)N(Cc3ccccc3)C2c2ccc(C)o2)cc1. The highest BCUT2D eigenvalue weighted by atomic mass is 16.5. The summed E-state index contributed by atoms with van der Waals surface area (Å²) in [6.07, 6.45) is 0. The van der Waals surface area contributed by atoms with Crippen LogP contribution in [0.5, 0.6) is 5.75 Å². The van der Waals surface area contributed by atoms with Gasteiger partial charge in [0, 0.05) is 12.1 Å². The Morgan fingerprint density at radius 1 is 1.03 bits per heavy atom. The van der Waals surface area contributed by atoms with Crippen LogP contribution in [-0.4, -0.2) is 28.3 Å². The van der Waals surface area contributed by atoms with E-state index in [9.17, 15) is 14.7 Å². The van der Waals surface area contributed by atoms with Gasteiger partial charge in [-0.15, -0.1) is 0 Å². The Balaban J connectivity index is 1.80. The van der Waals surface area contributed by atoms with Gasteiger partial charge in [-0.1, -0.05) is 30.3 Å². The minimum atomic E-state index is -0.819. The zero-order valence-corrected chi connectivity index (χ0v) is 17.4. The van der Waals surface area contributed by atoms with Crippen molar-refractivity contribution in [3.8, 4) is 5.75 Å². The third kappa shape index (κ3) is 3.97. The molecule has 6 nitrogen and oxygen atoms in total. The van der Waals surface area contributed by atoms with Gasteiger partial charge in [0.2, 0.25) is 0 Å². The first-order chi connectivity index (χ1) is 15.0. The number of aryl methyl sites for hydroxylation is 1. The zero-order chi connectivity index (χ0) is 22.0. The molecule has 3 aromatic rings. The molecule has 1 aliphatic heterocycles. The lowest BCUT2D eigenvalue weighted by atomic mass is 9.99. The van der Waals surface area contributed by atoms with E-state index in [-0.39, 0.29) is 17.9 Å². The predicted molar refractivity (Wildman–Crippen MR) is 115 cm³/mol. The molecule has 0 bridgehead atoms. The number of rotatable bonds is 6. The van der Waals surface area contributed by atoms with E-state index in [1.807, 2.05) is 37.3 Å². The maximum atomic E-state index is 13.0. The van der Waals surface area contributed by atoms with Gasteiger partial charge in [0.25, 0.3) is 11.7 Å². The number of benzene rings is 2. The number of likely N-dealkylation sites (tertiary alicyclic amines) is 1. The summed E-state index contributed by atoms with van der Waals surface area (Å²) in [5.74, 6) is 0.0936. The number of carbonyl (C=O) groups is 2. The van der Waals surface area contributed by atoms with Crippen molar-refractivity contribution in [2.75, 3.05) is 6.61 Å². The fourth-order valence-corrected chi connectivity index (χ4v) is 3.75. The van der Waals surface area contributed by atoms with Crippen LogP contribution in [0.1, 0.15) is 35.6 Å². The normalized spacial score (nSPS) is 17.9. The molecule has 0 aliphatic carbocycles. The number of nitrogens with zero attached hydrogens (tertiary/aromatic N) is 1. The van der Waals surface area contributed by atoms with Crippen LogP contribution < -0.4 is 4.74 Å². The lowest BCUT2D eigenvalue weighted by Gasteiger charge is -2.23. The average molecular weight is 417 g/mol. The summed E-state index contributed by atoms with van der Waals surface area (Å²) in [7, 11) is 0. The molecule has 6 heteroatoms. The maximum absolute atomic E-state index is 13.0. The molecule has 4 rings (SSSR count). The second kappa shape index (κ2) is 8.52. The van der Waals surface area contributed by atoms with E-state index in [4.69, 9.17) is 9.15 Å². The van der Waals surface area contributed by atoms with E-state index in [2.05, 4.69) is 0 Å². The molecule has 1 amide bonds. The van der Waals surface area contributed by atoms with Crippen molar-refractivity contribution >= 4 is 17.4 Å². The van der Waals surface area contributed by atoms with E-state index in [1.165, 1.54) is 4.90 Å². The summed E-state index contributed by atoms with van der Waals surface area (Å²) in [4.78, 5) is 27.4. The number of amides is 1. The number of ketones is 1. The monoisotopic (exact) mass is 417 g/mol. The van der Waals surface area contributed by atoms with Crippen LogP contribution in [0.25, 0.3) is 5.76 Å². The molecule has 31 heavy (non-hydrogen) atoms. The molecule has 2 aromatic carbocycles. The zero-order valence-electron chi connectivity index (χ0n) is 17.4. The van der Waals surface area contributed by atoms with Gasteiger partial charge in [-0.05, 0) is 55.8 Å². The Hall–Kier alpha value is -3.80. The Bertz CT molecular complexity index is 1130. The van der Waals surface area contributed by atoms with Crippen molar-refractivity contribution in [3.05, 3.63) is 95.0 Å². The van der Waals surface area contributed by atoms with E-state index >= 15 is 0 Å². The van der Waals surface area contributed by atoms with Crippen molar-refractivity contribution in [2.24, 2.45) is 0 Å². The Kier molecular flexibility index (Phi) is 5.62. The third-order valence-corrected chi connectivity index (χ3v) is 5.21. The molecule has 1 saturated heterocycles. The van der Waals surface area contributed by atoms with E-state index in [0.717, 1.165) is 5.56 Å². The number of Topliss-reactive ketones (excluding diaryl/α,β-unsaturated/α-hetero) is 1. The fraction of sp³-hybridized carbons (Fsp3) is 0.200. The quantitative estimate of drug-likeness (QED) is 0.360. The van der Waals surface area contributed by atoms with E-state index in [1.54, 1.807) is 43.3 Å². The van der Waals surface area contributed by atoms with Crippen molar-refractivity contribution in [2.45, 2.75) is 26.4 Å². The van der Waals surface area contributed by atoms with Crippen LogP contribution in [0, 0.1) is 6.92 Å². The van der Waals surface area contributed by atoms with Crippen LogP contribution in [0.4, 0.5) is 0 Å². The molecule has 2 heterocycles. The van der Waals surface area contributed by atoms with Crippen molar-refractivity contribution in [1.29, 1.82) is 0 Å². The Morgan fingerprint density at radius 2 is 1.74 bits per heavy atom. The minimum absolute atomic E-state index is 0.0134. The topological polar surface area (TPSA) is 80.0 Å². The highest BCUT2D eigenvalue weighted by Gasteiger charge is 2.47. The maximum Gasteiger partial charge on any atom is 0.296 e. The number of hydrogen-bond acceptors (Lipinski definition) is 5. The lowest BCUT2D eigenvalue weighted by molar-refractivity contribution is -0.140. The van der Waals surface area contributed by atoms with Crippen molar-refractivity contribution in [1.82, 2.24) is 4.90 Å². The number of aliphatic hydroxyl groups is 1. The second-order valence-corrected chi connectivity index (χ2v) is 7.32. The molecule has 1 aliphatic rings. The molecular formula is C25H23NO5. The molecule has 1 fully saturated rings. The molecule has 1 N–H and O–H groups in total. The minimum Gasteiger partial charge on any atom is -0.507 e. The highest BCUT2D eigenvalue weighted by molar-refractivity contribution is 6.46. The van der Waals surface area contributed by atoms with Gasteiger partial charge in [0.1, 0.15) is 29.1 Å². The lowest BCUT2D eigenvalue weighted by Crippen LogP contribution is -2.29. The number of ether oxygens (including phenoxy) is 1. The van der Waals surface area contributed by atoms with Crippen molar-refractivity contribution in [3.63, 3.8) is 0 Å². The molecule has 0 radical (unpaired) electrons. The van der Waals surface area contributed by atoms with Crippen LogP contribution in [0.2, 0.25) is 0 Å². The van der Waals surface area contributed by atoms with Gasteiger partial charge in [0.15, 0.2) is 0 Å². The Labute approximate surface area is 180 Å².